The van der Waals surface area contributed by atoms with E-state index in [0.29, 0.717) is 18.1 Å². The Labute approximate surface area is 136 Å². The maximum Gasteiger partial charge on any atom is 0.310 e. The molecular weight excluding hydrogens is 302 g/mol. The molecule has 4 nitrogen and oxygen atoms in total. The summed E-state index contributed by atoms with van der Waals surface area (Å²) >= 11 is 6.06. The highest BCUT2D eigenvalue weighted by molar-refractivity contribution is 6.31. The minimum Gasteiger partial charge on any atom is -0.469 e. The number of nitrogens with zero attached hydrogens (tertiary/aromatic N) is 1. The Morgan fingerprint density at radius 2 is 2.09 bits per heavy atom. The van der Waals surface area contributed by atoms with E-state index in [0.717, 1.165) is 11.1 Å². The second-order valence-corrected chi connectivity index (χ2v) is 5.55. The Bertz CT molecular complexity index is 569. The second kappa shape index (κ2) is 8.59. The van der Waals surface area contributed by atoms with E-state index in [1.165, 1.54) is 13.2 Å². The fraction of sp³-hybridized carbons (Fsp3) is 0.412. The normalized spacial score (nSPS) is 12.2. The Balaban J connectivity index is 2.73. The Morgan fingerprint density at radius 1 is 1.41 bits per heavy atom. The highest BCUT2D eigenvalue weighted by Crippen LogP contribution is 2.17. The second-order valence-electron chi connectivity index (χ2n) is 5.14. The average Bonchev–Trinajstić information content (AvgIpc) is 2.52. The van der Waals surface area contributed by atoms with Crippen LogP contribution in [0.1, 0.15) is 25.0 Å². The number of hydrogen-bond donors (Lipinski definition) is 0. The fourth-order valence-corrected chi connectivity index (χ4v) is 2.16. The summed E-state index contributed by atoms with van der Waals surface area (Å²) in [5.74, 6) is -0.813. The maximum atomic E-state index is 12.2. The quantitative estimate of drug-likeness (QED) is 0.596. The molecule has 0 N–H and O–H groups in total. The van der Waals surface area contributed by atoms with E-state index in [2.05, 4.69) is 4.74 Å². The van der Waals surface area contributed by atoms with Gasteiger partial charge in [-0.25, -0.2) is 0 Å². The molecule has 0 bridgehead atoms. The Hall–Kier alpha value is -1.81. The van der Waals surface area contributed by atoms with E-state index in [-0.39, 0.29) is 17.8 Å². The predicted molar refractivity (Wildman–Crippen MR) is 88.7 cm³/mol. The van der Waals surface area contributed by atoms with Gasteiger partial charge in [0.25, 0.3) is 0 Å². The number of methoxy groups -OCH3 is 1. The Kier molecular flexibility index (Phi) is 7.12. The molecule has 0 spiro atoms. The van der Waals surface area contributed by atoms with Crippen LogP contribution in [0.3, 0.4) is 0 Å². The first-order valence-electron chi connectivity index (χ1n) is 7.20. The van der Waals surface area contributed by atoms with E-state index >= 15 is 0 Å². The first-order chi connectivity index (χ1) is 10.4. The van der Waals surface area contributed by atoms with Crippen molar-refractivity contribution in [3.63, 3.8) is 0 Å². The number of amides is 1. The van der Waals surface area contributed by atoms with Gasteiger partial charge in [-0.2, -0.15) is 0 Å². The molecule has 1 rings (SSSR count). The van der Waals surface area contributed by atoms with Crippen molar-refractivity contribution in [1.29, 1.82) is 0 Å². The van der Waals surface area contributed by atoms with Crippen LogP contribution in [0.2, 0.25) is 5.02 Å². The van der Waals surface area contributed by atoms with Gasteiger partial charge < -0.3 is 9.64 Å². The monoisotopic (exact) mass is 323 g/mol. The van der Waals surface area contributed by atoms with Crippen molar-refractivity contribution < 1.29 is 14.3 Å². The SMILES string of the molecule is CCN(CC(C)C(=O)OC)C(=O)/C=C/c1ccc(C)c(Cl)c1. The number of aryl methyl sites for hydroxylation is 1. The fourth-order valence-electron chi connectivity index (χ4n) is 1.97. The number of benzene rings is 1. The topological polar surface area (TPSA) is 46.6 Å². The zero-order valence-corrected chi connectivity index (χ0v) is 14.2. The first-order valence-corrected chi connectivity index (χ1v) is 7.57. The summed E-state index contributed by atoms with van der Waals surface area (Å²) in [6, 6.07) is 5.62. The van der Waals surface area contributed by atoms with Gasteiger partial charge >= 0.3 is 5.97 Å². The molecule has 0 aliphatic heterocycles. The summed E-state index contributed by atoms with van der Waals surface area (Å²) in [6.45, 7) is 6.40. The van der Waals surface area contributed by atoms with Crippen LogP contribution in [0.25, 0.3) is 6.08 Å². The van der Waals surface area contributed by atoms with E-state index in [1.54, 1.807) is 17.9 Å². The van der Waals surface area contributed by atoms with Gasteiger partial charge in [0.15, 0.2) is 0 Å². The maximum absolute atomic E-state index is 12.2. The van der Waals surface area contributed by atoms with Crippen molar-refractivity contribution in [2.24, 2.45) is 5.92 Å². The van der Waals surface area contributed by atoms with Crippen molar-refractivity contribution in [2.45, 2.75) is 20.8 Å². The smallest absolute Gasteiger partial charge is 0.310 e. The summed E-state index contributed by atoms with van der Waals surface area (Å²) in [6.07, 6.45) is 3.22. The third-order valence-electron chi connectivity index (χ3n) is 3.41. The lowest BCUT2D eigenvalue weighted by Crippen LogP contribution is -2.36. The molecule has 0 aliphatic carbocycles. The number of carbonyl (C=O) groups is 2. The van der Waals surface area contributed by atoms with Crippen LogP contribution in [0, 0.1) is 12.8 Å². The van der Waals surface area contributed by atoms with Gasteiger partial charge in [-0.1, -0.05) is 30.7 Å². The van der Waals surface area contributed by atoms with Crippen LogP contribution in [-0.2, 0) is 14.3 Å². The third kappa shape index (κ3) is 5.19. The number of rotatable bonds is 6. The molecule has 0 radical (unpaired) electrons. The van der Waals surface area contributed by atoms with Gasteiger partial charge in [-0.15, -0.1) is 0 Å². The van der Waals surface area contributed by atoms with Crippen molar-refractivity contribution in [2.75, 3.05) is 20.2 Å². The molecule has 1 aromatic rings. The van der Waals surface area contributed by atoms with Gasteiger partial charge in [0, 0.05) is 24.2 Å². The minimum absolute atomic E-state index is 0.144. The zero-order valence-electron chi connectivity index (χ0n) is 13.4. The van der Waals surface area contributed by atoms with E-state index in [9.17, 15) is 9.59 Å². The average molecular weight is 324 g/mol. The van der Waals surface area contributed by atoms with E-state index < -0.39 is 0 Å². The largest absolute Gasteiger partial charge is 0.469 e. The molecule has 1 amide bonds. The minimum atomic E-state index is -0.351. The van der Waals surface area contributed by atoms with Crippen molar-refractivity contribution >= 4 is 29.6 Å². The van der Waals surface area contributed by atoms with Crippen LogP contribution in [-0.4, -0.2) is 37.0 Å². The number of carbonyl (C=O) groups excluding carboxylic acids is 2. The van der Waals surface area contributed by atoms with Gasteiger partial charge in [0.2, 0.25) is 5.91 Å². The number of likely N-dealkylation sites (N-methyl/N-ethyl adjacent to an activating group) is 1. The molecular formula is C17H22ClNO3. The summed E-state index contributed by atoms with van der Waals surface area (Å²) in [5.41, 5.74) is 1.85. The molecule has 0 fully saturated rings. The molecule has 1 aromatic carbocycles. The molecule has 0 saturated heterocycles. The number of esters is 1. The lowest BCUT2D eigenvalue weighted by molar-refractivity contribution is -0.146. The number of halogens is 1. The lowest BCUT2D eigenvalue weighted by atomic mass is 10.1. The molecule has 120 valence electrons. The van der Waals surface area contributed by atoms with Crippen molar-refractivity contribution in [3.05, 3.63) is 40.4 Å². The standard InChI is InChI=1S/C17H22ClNO3/c1-5-19(11-13(3)17(21)22-4)16(20)9-8-14-7-6-12(2)15(18)10-14/h6-10,13H,5,11H2,1-4H3/b9-8+. The van der Waals surface area contributed by atoms with Crippen molar-refractivity contribution in [1.82, 2.24) is 4.90 Å². The van der Waals surface area contributed by atoms with Crippen LogP contribution in [0.5, 0.6) is 0 Å². The summed E-state index contributed by atoms with van der Waals surface area (Å²) < 4.78 is 4.68. The lowest BCUT2D eigenvalue weighted by Gasteiger charge is -2.22. The van der Waals surface area contributed by atoms with Crippen LogP contribution in [0.4, 0.5) is 0 Å². The van der Waals surface area contributed by atoms with Crippen molar-refractivity contribution in [3.8, 4) is 0 Å². The molecule has 0 heterocycles. The van der Waals surface area contributed by atoms with Gasteiger partial charge in [-0.05, 0) is 37.1 Å². The molecule has 1 unspecified atom stereocenters. The van der Waals surface area contributed by atoms with Gasteiger partial charge in [0.1, 0.15) is 0 Å². The van der Waals surface area contributed by atoms with E-state index in [1.807, 2.05) is 32.0 Å². The van der Waals surface area contributed by atoms with Crippen LogP contribution >= 0.6 is 11.6 Å². The molecule has 22 heavy (non-hydrogen) atoms. The molecule has 0 aliphatic rings. The number of ether oxygens (including phenoxy) is 1. The van der Waals surface area contributed by atoms with Crippen LogP contribution in [0.15, 0.2) is 24.3 Å². The molecule has 0 saturated carbocycles. The first kappa shape index (κ1) is 18.2. The van der Waals surface area contributed by atoms with E-state index in [4.69, 9.17) is 11.6 Å². The zero-order chi connectivity index (χ0) is 16.7. The summed E-state index contributed by atoms with van der Waals surface area (Å²) in [4.78, 5) is 25.2. The summed E-state index contributed by atoms with van der Waals surface area (Å²) in [7, 11) is 1.35. The molecule has 5 heteroatoms. The Morgan fingerprint density at radius 3 is 2.64 bits per heavy atom. The van der Waals surface area contributed by atoms with Gasteiger partial charge in [0.05, 0.1) is 13.0 Å². The highest BCUT2D eigenvalue weighted by Gasteiger charge is 2.18. The number of hydrogen-bond acceptors (Lipinski definition) is 3. The third-order valence-corrected chi connectivity index (χ3v) is 3.81. The van der Waals surface area contributed by atoms with Crippen LogP contribution < -0.4 is 0 Å². The van der Waals surface area contributed by atoms with Gasteiger partial charge in [-0.3, -0.25) is 9.59 Å². The molecule has 0 aromatic heterocycles. The highest BCUT2D eigenvalue weighted by atomic mass is 35.5. The predicted octanol–water partition coefficient (Wildman–Crippen LogP) is 3.32. The summed E-state index contributed by atoms with van der Waals surface area (Å²) in [5, 5.41) is 0.668. The molecule has 1 atom stereocenters.